The van der Waals surface area contributed by atoms with Crippen LogP contribution in [0, 0.1) is 5.92 Å². The van der Waals surface area contributed by atoms with Crippen molar-refractivity contribution >= 4 is 11.7 Å². The summed E-state index contributed by atoms with van der Waals surface area (Å²) in [5.41, 5.74) is 1.58. The van der Waals surface area contributed by atoms with Crippen LogP contribution >= 0.6 is 0 Å². The van der Waals surface area contributed by atoms with Crippen LogP contribution in [0.25, 0.3) is 11.6 Å². The predicted octanol–water partition coefficient (Wildman–Crippen LogP) is 3.45. The number of ether oxygens (including phenoxy) is 2. The fourth-order valence-electron chi connectivity index (χ4n) is 4.19. The molecule has 8 heteroatoms. The number of hydrogen-bond acceptors (Lipinski definition) is 7. The Balaban J connectivity index is 1.62. The van der Waals surface area contributed by atoms with Crippen molar-refractivity contribution in [2.75, 3.05) is 19.1 Å². The summed E-state index contributed by atoms with van der Waals surface area (Å²) in [5, 5.41) is 0. The molecule has 2 aliphatic rings. The first-order chi connectivity index (χ1) is 14.7. The van der Waals surface area contributed by atoms with Gasteiger partial charge in [0.05, 0.1) is 20.3 Å². The van der Waals surface area contributed by atoms with Crippen molar-refractivity contribution in [1.29, 1.82) is 0 Å². The van der Waals surface area contributed by atoms with E-state index < -0.39 is 0 Å². The zero-order valence-electron chi connectivity index (χ0n) is 16.8. The summed E-state index contributed by atoms with van der Waals surface area (Å²) in [5.74, 6) is 2.80. The highest BCUT2D eigenvalue weighted by Gasteiger charge is 2.45. The Labute approximate surface area is 173 Å². The minimum Gasteiger partial charge on any atom is -0.493 e. The Kier molecular flexibility index (Phi) is 4.54. The highest BCUT2D eigenvalue weighted by atomic mass is 16.5. The van der Waals surface area contributed by atoms with Crippen molar-refractivity contribution in [3.05, 3.63) is 54.0 Å². The number of carbonyl (C=O) groups excluding carboxylic acids is 1. The molecule has 3 heterocycles. The third-order valence-electron chi connectivity index (χ3n) is 5.85. The largest absolute Gasteiger partial charge is 0.493 e. The first-order valence-corrected chi connectivity index (χ1v) is 9.91. The van der Waals surface area contributed by atoms with E-state index in [9.17, 15) is 4.79 Å². The van der Waals surface area contributed by atoms with Crippen LogP contribution in [-0.2, 0) is 0 Å². The maximum atomic E-state index is 13.5. The average Bonchev–Trinajstić information content (AvgIpc) is 3.03. The van der Waals surface area contributed by atoms with Crippen molar-refractivity contribution in [3.63, 3.8) is 0 Å². The van der Waals surface area contributed by atoms with Crippen LogP contribution < -0.4 is 14.4 Å². The molecule has 5 rings (SSSR count). The molecule has 1 atom stereocenters. The third-order valence-corrected chi connectivity index (χ3v) is 5.85. The summed E-state index contributed by atoms with van der Waals surface area (Å²) in [7, 11) is 3.18. The van der Waals surface area contributed by atoms with Crippen molar-refractivity contribution < 1.29 is 14.3 Å². The number of nitrogens with zero attached hydrogens (tertiary/aromatic N) is 5. The van der Waals surface area contributed by atoms with Crippen molar-refractivity contribution in [2.24, 2.45) is 5.92 Å². The SMILES string of the molecule is COc1cc2c(cc1OC)C(C1CCC1)N(c1ccnc(-c3ncccn3)n1)C2=O. The molecule has 0 radical (unpaired) electrons. The van der Waals surface area contributed by atoms with E-state index in [0.29, 0.717) is 40.4 Å². The van der Waals surface area contributed by atoms with Gasteiger partial charge in [-0.25, -0.2) is 19.9 Å². The quantitative estimate of drug-likeness (QED) is 0.644. The van der Waals surface area contributed by atoms with Gasteiger partial charge in [0.2, 0.25) is 0 Å². The molecule has 2 aromatic heterocycles. The molecule has 1 fully saturated rings. The molecular weight excluding hydrogens is 382 g/mol. The van der Waals surface area contributed by atoms with Crippen molar-refractivity contribution in [2.45, 2.75) is 25.3 Å². The highest BCUT2D eigenvalue weighted by molar-refractivity contribution is 6.11. The fourth-order valence-corrected chi connectivity index (χ4v) is 4.19. The second kappa shape index (κ2) is 7.37. The van der Waals surface area contributed by atoms with Crippen LogP contribution in [0.2, 0.25) is 0 Å². The lowest BCUT2D eigenvalue weighted by atomic mass is 9.77. The molecule has 0 bridgehead atoms. The van der Waals surface area contributed by atoms with Gasteiger partial charge >= 0.3 is 0 Å². The first kappa shape index (κ1) is 18.5. The van der Waals surface area contributed by atoms with E-state index in [-0.39, 0.29) is 11.9 Å². The number of benzene rings is 1. The second-order valence-electron chi connectivity index (χ2n) is 7.42. The molecule has 3 aromatic rings. The fraction of sp³-hybridized carbons (Fsp3) is 0.318. The zero-order valence-corrected chi connectivity index (χ0v) is 16.8. The normalized spacial score (nSPS) is 18.1. The van der Waals surface area contributed by atoms with E-state index in [0.717, 1.165) is 18.4 Å². The number of methoxy groups -OCH3 is 2. The number of rotatable bonds is 5. The summed E-state index contributed by atoms with van der Waals surface area (Å²) < 4.78 is 10.9. The van der Waals surface area contributed by atoms with E-state index >= 15 is 0 Å². The molecule has 0 saturated heterocycles. The summed E-state index contributed by atoms with van der Waals surface area (Å²) in [6, 6.07) is 7.10. The number of carbonyl (C=O) groups is 1. The van der Waals surface area contributed by atoms with Crippen molar-refractivity contribution in [3.8, 4) is 23.1 Å². The Morgan fingerprint density at radius 3 is 2.33 bits per heavy atom. The third kappa shape index (κ3) is 2.87. The Hall–Kier alpha value is -3.55. The van der Waals surface area contributed by atoms with Gasteiger partial charge in [-0.1, -0.05) is 6.42 Å². The summed E-state index contributed by atoms with van der Waals surface area (Å²) >= 11 is 0. The van der Waals surface area contributed by atoms with Crippen LogP contribution in [0.1, 0.15) is 41.2 Å². The van der Waals surface area contributed by atoms with E-state index in [1.54, 1.807) is 55.9 Å². The van der Waals surface area contributed by atoms with Gasteiger partial charge in [-0.15, -0.1) is 0 Å². The maximum Gasteiger partial charge on any atom is 0.260 e. The van der Waals surface area contributed by atoms with Gasteiger partial charge in [0.15, 0.2) is 23.1 Å². The van der Waals surface area contributed by atoms with E-state index in [1.165, 1.54) is 6.42 Å². The number of aromatic nitrogens is 4. The molecule has 152 valence electrons. The van der Waals surface area contributed by atoms with Crippen molar-refractivity contribution in [1.82, 2.24) is 19.9 Å². The number of amides is 1. The molecule has 1 amide bonds. The van der Waals surface area contributed by atoms with Gasteiger partial charge in [-0.05, 0) is 48.6 Å². The first-order valence-electron chi connectivity index (χ1n) is 9.91. The smallest absolute Gasteiger partial charge is 0.260 e. The summed E-state index contributed by atoms with van der Waals surface area (Å²) in [6.45, 7) is 0. The second-order valence-corrected chi connectivity index (χ2v) is 7.42. The summed E-state index contributed by atoms with van der Waals surface area (Å²) in [4.78, 5) is 32.7. The summed E-state index contributed by atoms with van der Waals surface area (Å²) in [6.07, 6.45) is 8.24. The Morgan fingerprint density at radius 2 is 1.67 bits per heavy atom. The van der Waals surface area contributed by atoms with Gasteiger partial charge in [0.1, 0.15) is 5.82 Å². The topological polar surface area (TPSA) is 90.3 Å². The lowest BCUT2D eigenvalue weighted by Crippen LogP contribution is -2.35. The van der Waals surface area contributed by atoms with Crippen LogP contribution in [-0.4, -0.2) is 40.1 Å². The van der Waals surface area contributed by atoms with E-state index in [4.69, 9.17) is 9.47 Å². The number of hydrogen-bond donors (Lipinski definition) is 0. The van der Waals surface area contributed by atoms with Crippen LogP contribution in [0.15, 0.2) is 42.9 Å². The molecule has 1 aliphatic carbocycles. The molecule has 0 spiro atoms. The van der Waals surface area contributed by atoms with Gasteiger partial charge < -0.3 is 9.47 Å². The lowest BCUT2D eigenvalue weighted by Gasteiger charge is -2.37. The van der Waals surface area contributed by atoms with Gasteiger partial charge in [0.25, 0.3) is 5.91 Å². The zero-order chi connectivity index (χ0) is 20.7. The van der Waals surface area contributed by atoms with Gasteiger partial charge in [0, 0.05) is 24.2 Å². The molecule has 8 nitrogen and oxygen atoms in total. The van der Waals surface area contributed by atoms with E-state index in [2.05, 4.69) is 19.9 Å². The average molecular weight is 403 g/mol. The molecule has 1 aliphatic heterocycles. The monoisotopic (exact) mass is 403 g/mol. The maximum absolute atomic E-state index is 13.5. The Bertz CT molecular complexity index is 1100. The molecule has 1 saturated carbocycles. The standard InChI is InChI=1S/C22H21N5O3/c1-29-16-11-14-15(12-17(16)30-2)22(28)27(19(14)13-5-3-6-13)18-7-10-25-21(26-18)20-23-8-4-9-24-20/h4,7-13,19H,3,5-6H2,1-2H3. The molecule has 1 unspecified atom stereocenters. The Morgan fingerprint density at radius 1 is 0.967 bits per heavy atom. The molecular formula is C22H21N5O3. The highest BCUT2D eigenvalue weighted by Crippen LogP contribution is 2.50. The lowest BCUT2D eigenvalue weighted by molar-refractivity contribution is 0.0976. The molecule has 30 heavy (non-hydrogen) atoms. The number of anilines is 1. The van der Waals surface area contributed by atoms with Gasteiger partial charge in [-0.2, -0.15) is 0 Å². The van der Waals surface area contributed by atoms with Crippen LogP contribution in [0.3, 0.4) is 0 Å². The van der Waals surface area contributed by atoms with Crippen LogP contribution in [0.4, 0.5) is 5.82 Å². The minimum absolute atomic E-state index is 0.0958. The number of fused-ring (bicyclic) bond motifs is 1. The van der Waals surface area contributed by atoms with E-state index in [1.807, 2.05) is 6.07 Å². The molecule has 0 N–H and O–H groups in total. The predicted molar refractivity (Wildman–Crippen MR) is 109 cm³/mol. The van der Waals surface area contributed by atoms with Gasteiger partial charge in [-0.3, -0.25) is 9.69 Å². The minimum atomic E-state index is -0.0968. The van der Waals surface area contributed by atoms with Crippen LogP contribution in [0.5, 0.6) is 11.5 Å². The molecule has 1 aromatic carbocycles.